The molecular weight excluding hydrogens is 272 g/mol. The fourth-order valence-electron chi connectivity index (χ4n) is 2.05. The van der Waals surface area contributed by atoms with E-state index in [-0.39, 0.29) is 5.91 Å². The topological polar surface area (TPSA) is 55.1 Å². The summed E-state index contributed by atoms with van der Waals surface area (Å²) in [6, 6.07) is 13.0. The van der Waals surface area contributed by atoms with Crippen LogP contribution in [0.25, 0.3) is 0 Å². The molecule has 3 N–H and O–H groups in total. The number of carbonyl (C=O) groups is 1. The van der Waals surface area contributed by atoms with Gasteiger partial charge in [-0.15, -0.1) is 0 Å². The Kier molecular flexibility index (Phi) is 4.64. The van der Waals surface area contributed by atoms with E-state index in [1.807, 2.05) is 12.1 Å². The van der Waals surface area contributed by atoms with Crippen LogP contribution in [-0.2, 0) is 6.42 Å². The Bertz CT molecular complexity index is 605. The molecule has 0 heterocycles. The molecule has 2 rings (SSSR count). The van der Waals surface area contributed by atoms with Gasteiger partial charge in [-0.1, -0.05) is 35.9 Å². The number of benzene rings is 2. The first kappa shape index (κ1) is 14.4. The molecule has 2 aromatic rings. The Morgan fingerprint density at radius 2 is 2.00 bits per heavy atom. The van der Waals surface area contributed by atoms with E-state index in [1.54, 1.807) is 18.2 Å². The Hall–Kier alpha value is -2.00. The molecule has 0 aliphatic heterocycles. The Morgan fingerprint density at radius 1 is 1.25 bits per heavy atom. The minimum Gasteiger partial charge on any atom is -0.399 e. The van der Waals surface area contributed by atoms with Gasteiger partial charge in [0.25, 0.3) is 5.91 Å². The van der Waals surface area contributed by atoms with E-state index in [0.717, 1.165) is 6.42 Å². The zero-order valence-electron chi connectivity index (χ0n) is 11.3. The van der Waals surface area contributed by atoms with Gasteiger partial charge in [-0.25, -0.2) is 0 Å². The Balaban J connectivity index is 1.94. The molecule has 20 heavy (non-hydrogen) atoms. The molecule has 0 aliphatic rings. The number of aryl methyl sites for hydroxylation is 1. The monoisotopic (exact) mass is 288 g/mol. The molecule has 0 radical (unpaired) electrons. The van der Waals surface area contributed by atoms with E-state index >= 15 is 0 Å². The minimum absolute atomic E-state index is 0.159. The summed E-state index contributed by atoms with van der Waals surface area (Å²) in [5.41, 5.74) is 9.11. The van der Waals surface area contributed by atoms with Crippen molar-refractivity contribution in [2.45, 2.75) is 13.3 Å². The number of carbonyl (C=O) groups excluding carboxylic acids is 1. The molecule has 0 atom stereocenters. The lowest BCUT2D eigenvalue weighted by atomic mass is 10.1. The average molecular weight is 289 g/mol. The quantitative estimate of drug-likeness (QED) is 0.849. The fraction of sp³-hybridized carbons (Fsp3) is 0.188. The first-order valence-electron chi connectivity index (χ1n) is 6.45. The van der Waals surface area contributed by atoms with Crippen LogP contribution < -0.4 is 11.1 Å². The first-order chi connectivity index (χ1) is 9.56. The van der Waals surface area contributed by atoms with Crippen LogP contribution in [0.5, 0.6) is 0 Å². The number of anilines is 1. The lowest BCUT2D eigenvalue weighted by molar-refractivity contribution is 0.0954. The third-order valence-electron chi connectivity index (χ3n) is 3.12. The summed E-state index contributed by atoms with van der Waals surface area (Å²) in [5, 5.41) is 3.34. The summed E-state index contributed by atoms with van der Waals surface area (Å²) in [6.45, 7) is 2.64. The highest BCUT2D eigenvalue weighted by Gasteiger charge is 2.07. The molecule has 104 valence electrons. The highest BCUT2D eigenvalue weighted by Crippen LogP contribution is 2.16. The van der Waals surface area contributed by atoms with Crippen LogP contribution in [0.4, 0.5) is 5.69 Å². The largest absolute Gasteiger partial charge is 0.399 e. The van der Waals surface area contributed by atoms with Crippen molar-refractivity contribution in [1.29, 1.82) is 0 Å². The van der Waals surface area contributed by atoms with Gasteiger partial charge >= 0.3 is 0 Å². The smallest absolute Gasteiger partial charge is 0.251 e. The zero-order valence-corrected chi connectivity index (χ0v) is 12.1. The number of nitrogens with one attached hydrogen (secondary N) is 1. The number of nitrogens with two attached hydrogens (primary N) is 1. The SMILES string of the molecule is Cc1ccccc1CCNC(=O)c1cc(N)cc(Cl)c1. The summed E-state index contributed by atoms with van der Waals surface area (Å²) in [5.74, 6) is -0.159. The number of halogens is 1. The van der Waals surface area contributed by atoms with Crippen molar-refractivity contribution in [3.63, 3.8) is 0 Å². The third kappa shape index (κ3) is 3.75. The number of nitrogen functional groups attached to an aromatic ring is 1. The van der Waals surface area contributed by atoms with Crippen molar-refractivity contribution in [2.75, 3.05) is 12.3 Å². The van der Waals surface area contributed by atoms with Gasteiger partial charge < -0.3 is 11.1 Å². The van der Waals surface area contributed by atoms with Gasteiger partial charge in [0, 0.05) is 22.8 Å². The van der Waals surface area contributed by atoms with E-state index in [0.29, 0.717) is 22.8 Å². The van der Waals surface area contributed by atoms with Crippen LogP contribution in [0, 0.1) is 6.92 Å². The van der Waals surface area contributed by atoms with Gasteiger partial charge in [-0.2, -0.15) is 0 Å². The molecule has 0 saturated carbocycles. The first-order valence-corrected chi connectivity index (χ1v) is 6.83. The highest BCUT2D eigenvalue weighted by atomic mass is 35.5. The minimum atomic E-state index is -0.159. The Morgan fingerprint density at radius 3 is 2.70 bits per heavy atom. The lowest BCUT2D eigenvalue weighted by Gasteiger charge is -2.08. The molecule has 0 unspecified atom stereocenters. The molecule has 3 nitrogen and oxygen atoms in total. The van der Waals surface area contributed by atoms with Crippen LogP contribution >= 0.6 is 11.6 Å². The molecule has 0 aliphatic carbocycles. The van der Waals surface area contributed by atoms with Crippen LogP contribution in [0.3, 0.4) is 0 Å². The third-order valence-corrected chi connectivity index (χ3v) is 3.34. The van der Waals surface area contributed by atoms with E-state index < -0.39 is 0 Å². The predicted octanol–water partition coefficient (Wildman–Crippen LogP) is 3.20. The maximum absolute atomic E-state index is 12.0. The van der Waals surface area contributed by atoms with Crippen LogP contribution in [0.1, 0.15) is 21.5 Å². The summed E-state index contributed by atoms with van der Waals surface area (Å²) >= 11 is 5.88. The molecular formula is C16H17ClN2O. The zero-order chi connectivity index (χ0) is 14.5. The molecule has 0 bridgehead atoms. The van der Waals surface area contributed by atoms with Crippen molar-refractivity contribution in [3.8, 4) is 0 Å². The second-order valence-electron chi connectivity index (χ2n) is 4.71. The molecule has 0 saturated heterocycles. The molecule has 2 aromatic carbocycles. The van der Waals surface area contributed by atoms with E-state index in [1.165, 1.54) is 11.1 Å². The lowest BCUT2D eigenvalue weighted by Crippen LogP contribution is -2.25. The van der Waals surface area contributed by atoms with Gasteiger partial charge in [-0.3, -0.25) is 4.79 Å². The van der Waals surface area contributed by atoms with Crippen molar-refractivity contribution >= 4 is 23.2 Å². The maximum Gasteiger partial charge on any atom is 0.251 e. The molecule has 0 aromatic heterocycles. The molecule has 0 fully saturated rings. The normalized spacial score (nSPS) is 10.3. The van der Waals surface area contributed by atoms with E-state index in [4.69, 9.17) is 17.3 Å². The van der Waals surface area contributed by atoms with Crippen molar-refractivity contribution in [2.24, 2.45) is 0 Å². The van der Waals surface area contributed by atoms with Gasteiger partial charge in [0.15, 0.2) is 0 Å². The average Bonchev–Trinajstić information content (AvgIpc) is 2.39. The van der Waals surface area contributed by atoms with Crippen LogP contribution in [-0.4, -0.2) is 12.5 Å². The standard InChI is InChI=1S/C16H17ClN2O/c1-11-4-2-3-5-12(11)6-7-19-16(20)13-8-14(17)10-15(18)9-13/h2-5,8-10H,6-7,18H2,1H3,(H,19,20). The van der Waals surface area contributed by atoms with Gasteiger partial charge in [0.05, 0.1) is 0 Å². The van der Waals surface area contributed by atoms with Crippen LogP contribution in [0.15, 0.2) is 42.5 Å². The molecule has 4 heteroatoms. The predicted molar refractivity (Wildman–Crippen MR) is 83.1 cm³/mol. The summed E-state index contributed by atoms with van der Waals surface area (Å²) in [4.78, 5) is 12.0. The van der Waals surface area contributed by atoms with E-state index in [2.05, 4.69) is 24.4 Å². The summed E-state index contributed by atoms with van der Waals surface area (Å²) in [6.07, 6.45) is 0.800. The maximum atomic E-state index is 12.0. The summed E-state index contributed by atoms with van der Waals surface area (Å²) in [7, 11) is 0. The van der Waals surface area contributed by atoms with Crippen molar-refractivity contribution < 1.29 is 4.79 Å². The second kappa shape index (κ2) is 6.44. The van der Waals surface area contributed by atoms with Gasteiger partial charge in [0.1, 0.15) is 0 Å². The second-order valence-corrected chi connectivity index (χ2v) is 5.14. The number of amides is 1. The van der Waals surface area contributed by atoms with E-state index in [9.17, 15) is 4.79 Å². The number of rotatable bonds is 4. The fourth-order valence-corrected chi connectivity index (χ4v) is 2.29. The Labute approximate surface area is 123 Å². The number of hydrogen-bond donors (Lipinski definition) is 2. The number of hydrogen-bond acceptors (Lipinski definition) is 2. The molecule has 1 amide bonds. The highest BCUT2D eigenvalue weighted by molar-refractivity contribution is 6.31. The van der Waals surface area contributed by atoms with Gasteiger partial charge in [0.2, 0.25) is 0 Å². The molecule has 0 spiro atoms. The van der Waals surface area contributed by atoms with Crippen LogP contribution in [0.2, 0.25) is 5.02 Å². The van der Waals surface area contributed by atoms with Gasteiger partial charge in [-0.05, 0) is 42.7 Å². The summed E-state index contributed by atoms with van der Waals surface area (Å²) < 4.78 is 0. The van der Waals surface area contributed by atoms with Crippen molar-refractivity contribution in [1.82, 2.24) is 5.32 Å². The van der Waals surface area contributed by atoms with Crippen molar-refractivity contribution in [3.05, 3.63) is 64.2 Å².